The molecule has 0 radical (unpaired) electrons. The van der Waals surface area contributed by atoms with Gasteiger partial charge in [0.15, 0.2) is 12.0 Å². The molecule has 0 aliphatic rings. The van der Waals surface area contributed by atoms with E-state index in [9.17, 15) is 9.18 Å². The van der Waals surface area contributed by atoms with Gasteiger partial charge in [-0.2, -0.15) is 0 Å². The van der Waals surface area contributed by atoms with Crippen LogP contribution in [0, 0.1) is 12.7 Å². The summed E-state index contributed by atoms with van der Waals surface area (Å²) in [6, 6.07) is 13.9. The Morgan fingerprint density at radius 2 is 1.87 bits per heavy atom. The van der Waals surface area contributed by atoms with Crippen molar-refractivity contribution in [3.8, 4) is 5.69 Å². The maximum Gasteiger partial charge on any atom is 0.172 e. The van der Waals surface area contributed by atoms with Crippen molar-refractivity contribution in [1.29, 1.82) is 0 Å². The van der Waals surface area contributed by atoms with Crippen LogP contribution in [0.5, 0.6) is 0 Å². The van der Waals surface area contributed by atoms with Crippen LogP contribution in [-0.4, -0.2) is 21.3 Å². The average Bonchev–Trinajstić information content (AvgIpc) is 2.97. The quantitative estimate of drug-likeness (QED) is 0.691. The number of aromatic nitrogens is 3. The second-order valence-electron chi connectivity index (χ2n) is 5.11. The Hall–Kier alpha value is -3.08. The van der Waals surface area contributed by atoms with Crippen LogP contribution in [0.4, 0.5) is 4.39 Å². The van der Waals surface area contributed by atoms with Crippen molar-refractivity contribution in [1.82, 2.24) is 15.0 Å². The predicted molar refractivity (Wildman–Crippen MR) is 86.8 cm³/mol. The lowest BCUT2D eigenvalue weighted by atomic mass is 10.1. The van der Waals surface area contributed by atoms with Gasteiger partial charge >= 0.3 is 0 Å². The molecule has 0 spiro atoms. The van der Waals surface area contributed by atoms with Gasteiger partial charge < -0.3 is 0 Å². The molecular formula is C18H14FN3O. The third-order valence-electron chi connectivity index (χ3n) is 3.41. The zero-order chi connectivity index (χ0) is 16.2. The molecule has 3 aromatic rings. The highest BCUT2D eigenvalue weighted by Crippen LogP contribution is 2.16. The molecule has 23 heavy (non-hydrogen) atoms. The first kappa shape index (κ1) is 14.8. The molecule has 1 aromatic heterocycles. The van der Waals surface area contributed by atoms with Gasteiger partial charge in [0.05, 0.1) is 11.4 Å². The summed E-state index contributed by atoms with van der Waals surface area (Å²) >= 11 is 0. The van der Waals surface area contributed by atoms with Gasteiger partial charge in [-0.1, -0.05) is 47.2 Å². The van der Waals surface area contributed by atoms with E-state index in [4.69, 9.17) is 0 Å². The predicted octanol–water partition coefficient (Wildman–Crippen LogP) is 3.70. The van der Waals surface area contributed by atoms with Crippen molar-refractivity contribution < 1.29 is 9.18 Å². The summed E-state index contributed by atoms with van der Waals surface area (Å²) in [4.78, 5) is 11.2. The van der Waals surface area contributed by atoms with Crippen LogP contribution in [-0.2, 0) is 0 Å². The summed E-state index contributed by atoms with van der Waals surface area (Å²) in [5, 5.41) is 7.78. The van der Waals surface area contributed by atoms with Gasteiger partial charge in [-0.15, -0.1) is 5.10 Å². The van der Waals surface area contributed by atoms with E-state index < -0.39 is 0 Å². The maximum atomic E-state index is 13.4. The minimum atomic E-state index is -0.376. The van der Waals surface area contributed by atoms with Crippen molar-refractivity contribution >= 4 is 18.4 Å². The molecule has 4 nitrogen and oxygen atoms in total. The number of aldehydes is 1. The van der Waals surface area contributed by atoms with Crippen molar-refractivity contribution in [2.75, 3.05) is 0 Å². The van der Waals surface area contributed by atoms with E-state index in [1.807, 2.05) is 37.3 Å². The molecule has 5 heteroatoms. The maximum absolute atomic E-state index is 13.4. The van der Waals surface area contributed by atoms with Gasteiger partial charge in [0, 0.05) is 0 Å². The van der Waals surface area contributed by atoms with Crippen LogP contribution in [0.3, 0.4) is 0 Å². The Bertz CT molecular complexity index is 866. The minimum absolute atomic E-state index is 0.206. The van der Waals surface area contributed by atoms with Crippen LogP contribution in [0.15, 0.2) is 48.5 Å². The second kappa shape index (κ2) is 6.36. The van der Waals surface area contributed by atoms with Crippen molar-refractivity contribution in [3.63, 3.8) is 0 Å². The molecule has 114 valence electrons. The van der Waals surface area contributed by atoms with Crippen LogP contribution < -0.4 is 0 Å². The van der Waals surface area contributed by atoms with Crippen LogP contribution >= 0.6 is 0 Å². The minimum Gasteiger partial charge on any atom is -0.296 e. The standard InChI is InChI=1S/C18H14FN3O/c1-13-5-7-14(8-6-13)9-10-18-17(12-23)20-21-22(18)16-4-2-3-15(19)11-16/h2-12H,1H3/b10-9+. The fourth-order valence-electron chi connectivity index (χ4n) is 2.19. The van der Waals surface area contributed by atoms with Gasteiger partial charge in [0.1, 0.15) is 5.82 Å². The van der Waals surface area contributed by atoms with Gasteiger partial charge in [0.25, 0.3) is 0 Å². The monoisotopic (exact) mass is 307 g/mol. The van der Waals surface area contributed by atoms with Crippen molar-refractivity contribution in [2.45, 2.75) is 6.92 Å². The molecule has 0 atom stereocenters. The van der Waals surface area contributed by atoms with E-state index >= 15 is 0 Å². The van der Waals surface area contributed by atoms with Crippen LogP contribution in [0.25, 0.3) is 17.8 Å². The Morgan fingerprint density at radius 1 is 1.09 bits per heavy atom. The van der Waals surface area contributed by atoms with E-state index in [0.29, 0.717) is 17.7 Å². The van der Waals surface area contributed by atoms with E-state index in [1.165, 1.54) is 22.4 Å². The molecule has 1 heterocycles. The van der Waals surface area contributed by atoms with Crippen molar-refractivity contribution in [2.24, 2.45) is 0 Å². The van der Waals surface area contributed by atoms with E-state index in [1.54, 1.807) is 18.2 Å². The number of rotatable bonds is 4. The summed E-state index contributed by atoms with van der Waals surface area (Å²) in [6.07, 6.45) is 4.25. The number of halogens is 1. The fourth-order valence-corrected chi connectivity index (χ4v) is 2.19. The first-order valence-corrected chi connectivity index (χ1v) is 7.09. The number of hydrogen-bond acceptors (Lipinski definition) is 3. The normalized spacial score (nSPS) is 11.0. The summed E-state index contributed by atoms with van der Waals surface area (Å²) in [5.41, 5.74) is 3.37. The zero-order valence-corrected chi connectivity index (χ0v) is 12.5. The number of aryl methyl sites for hydroxylation is 1. The summed E-state index contributed by atoms with van der Waals surface area (Å²) < 4.78 is 14.9. The molecule has 0 bridgehead atoms. The molecule has 0 amide bonds. The van der Waals surface area contributed by atoms with E-state index in [0.717, 1.165) is 5.56 Å². The number of nitrogens with zero attached hydrogens (tertiary/aromatic N) is 3. The molecular weight excluding hydrogens is 293 g/mol. The zero-order valence-electron chi connectivity index (χ0n) is 12.5. The summed E-state index contributed by atoms with van der Waals surface area (Å²) in [5.74, 6) is -0.376. The van der Waals surface area contributed by atoms with Crippen molar-refractivity contribution in [3.05, 3.63) is 76.9 Å². The summed E-state index contributed by atoms with van der Waals surface area (Å²) in [6.45, 7) is 2.01. The second-order valence-corrected chi connectivity index (χ2v) is 5.11. The third kappa shape index (κ3) is 3.23. The van der Waals surface area contributed by atoms with Gasteiger partial charge in [-0.25, -0.2) is 9.07 Å². The third-order valence-corrected chi connectivity index (χ3v) is 3.41. The summed E-state index contributed by atoms with van der Waals surface area (Å²) in [7, 11) is 0. The molecule has 0 saturated carbocycles. The van der Waals surface area contributed by atoms with Gasteiger partial charge in [-0.05, 0) is 36.8 Å². The molecule has 0 unspecified atom stereocenters. The first-order chi connectivity index (χ1) is 11.2. The van der Waals surface area contributed by atoms with Gasteiger partial charge in [0.2, 0.25) is 0 Å². The van der Waals surface area contributed by atoms with Crippen LogP contribution in [0.1, 0.15) is 27.3 Å². The average molecular weight is 307 g/mol. The molecule has 0 saturated heterocycles. The highest BCUT2D eigenvalue weighted by atomic mass is 19.1. The highest BCUT2D eigenvalue weighted by Gasteiger charge is 2.11. The smallest absolute Gasteiger partial charge is 0.172 e. The largest absolute Gasteiger partial charge is 0.296 e. The Balaban J connectivity index is 2.02. The lowest BCUT2D eigenvalue weighted by molar-refractivity contribution is 0.111. The lowest BCUT2D eigenvalue weighted by Crippen LogP contribution is -2.00. The lowest BCUT2D eigenvalue weighted by Gasteiger charge is -2.03. The Kier molecular flexibility index (Phi) is 4.10. The number of carbonyl (C=O) groups is 1. The Labute approximate surface area is 132 Å². The van der Waals surface area contributed by atoms with E-state index in [-0.39, 0.29) is 11.5 Å². The van der Waals surface area contributed by atoms with Gasteiger partial charge in [-0.3, -0.25) is 4.79 Å². The highest BCUT2D eigenvalue weighted by molar-refractivity contribution is 5.81. The first-order valence-electron chi connectivity index (χ1n) is 7.09. The van der Waals surface area contributed by atoms with Crippen LogP contribution in [0.2, 0.25) is 0 Å². The fraction of sp³-hybridized carbons (Fsp3) is 0.0556. The molecule has 3 rings (SSSR count). The molecule has 0 N–H and O–H groups in total. The Morgan fingerprint density at radius 3 is 2.57 bits per heavy atom. The van der Waals surface area contributed by atoms with E-state index in [2.05, 4.69) is 10.3 Å². The number of benzene rings is 2. The topological polar surface area (TPSA) is 47.8 Å². The number of carbonyl (C=O) groups excluding carboxylic acids is 1. The number of hydrogen-bond donors (Lipinski definition) is 0. The molecule has 0 fully saturated rings. The molecule has 2 aromatic carbocycles. The molecule has 0 aliphatic carbocycles. The SMILES string of the molecule is Cc1ccc(/C=C/c2c(C=O)nnn2-c2cccc(F)c2)cc1. The molecule has 0 aliphatic heterocycles.